The van der Waals surface area contributed by atoms with Gasteiger partial charge in [-0.15, -0.1) is 11.3 Å². The zero-order valence-corrected chi connectivity index (χ0v) is 15.1. The summed E-state index contributed by atoms with van der Waals surface area (Å²) in [5, 5.41) is 4.70. The van der Waals surface area contributed by atoms with Crippen LogP contribution in [0.5, 0.6) is 0 Å². The van der Waals surface area contributed by atoms with E-state index in [1.807, 2.05) is 36.5 Å². The fourth-order valence-electron chi connectivity index (χ4n) is 3.01. The number of nitrogens with zero attached hydrogens (tertiary/aromatic N) is 1. The number of hydrogen-bond acceptors (Lipinski definition) is 5. The Hall–Kier alpha value is -2.25. The Labute approximate surface area is 149 Å². The lowest BCUT2D eigenvalue weighted by molar-refractivity contribution is 0.0949. The van der Waals surface area contributed by atoms with Crippen molar-refractivity contribution in [1.29, 1.82) is 0 Å². The van der Waals surface area contributed by atoms with E-state index >= 15 is 0 Å². The van der Waals surface area contributed by atoms with E-state index in [9.17, 15) is 14.4 Å². The molecule has 25 heavy (non-hydrogen) atoms. The highest BCUT2D eigenvalue weighted by molar-refractivity contribution is 7.10. The first-order chi connectivity index (χ1) is 12.0. The van der Waals surface area contributed by atoms with Gasteiger partial charge in [-0.1, -0.05) is 6.07 Å². The quantitative estimate of drug-likeness (QED) is 0.850. The van der Waals surface area contributed by atoms with E-state index in [0.717, 1.165) is 4.88 Å². The number of amides is 1. The number of aromatic nitrogens is 1. The minimum atomic E-state index is -0.445. The van der Waals surface area contributed by atoms with Gasteiger partial charge in [-0.25, -0.2) is 0 Å². The normalized spacial score (nSPS) is 16.8. The van der Waals surface area contributed by atoms with Gasteiger partial charge in [-0.05, 0) is 38.0 Å². The highest BCUT2D eigenvalue weighted by atomic mass is 32.1. The molecule has 7 heteroatoms. The highest BCUT2D eigenvalue weighted by Gasteiger charge is 2.29. The Balaban J connectivity index is 1.82. The fourth-order valence-corrected chi connectivity index (χ4v) is 3.84. The van der Waals surface area contributed by atoms with E-state index < -0.39 is 11.5 Å². The number of likely N-dealkylation sites (N-methyl/N-ethyl adjacent to an activating group) is 1. The molecule has 0 saturated carbocycles. The molecule has 2 aromatic rings. The molecule has 2 aromatic heterocycles. The van der Waals surface area contributed by atoms with Crippen molar-refractivity contribution >= 4 is 23.0 Å². The summed E-state index contributed by atoms with van der Waals surface area (Å²) in [6.45, 7) is 1.12. The van der Waals surface area contributed by atoms with Crippen molar-refractivity contribution in [2.24, 2.45) is 0 Å². The molecule has 0 radical (unpaired) electrons. The van der Waals surface area contributed by atoms with Crippen LogP contribution in [0.1, 0.15) is 43.6 Å². The van der Waals surface area contributed by atoms with Crippen LogP contribution in [-0.2, 0) is 6.42 Å². The Bertz CT molecular complexity index is 840. The number of H-pyrrole nitrogens is 1. The molecule has 1 aliphatic carbocycles. The molecule has 0 aliphatic heterocycles. The number of pyridine rings is 1. The van der Waals surface area contributed by atoms with Gasteiger partial charge in [-0.3, -0.25) is 14.4 Å². The molecule has 0 aromatic carbocycles. The Kier molecular flexibility index (Phi) is 5.15. The summed E-state index contributed by atoms with van der Waals surface area (Å²) in [6, 6.07) is 5.42. The first-order valence-electron chi connectivity index (χ1n) is 8.21. The molecule has 1 amide bonds. The van der Waals surface area contributed by atoms with E-state index in [-0.39, 0.29) is 17.3 Å². The van der Waals surface area contributed by atoms with Crippen LogP contribution in [0.15, 0.2) is 28.4 Å². The van der Waals surface area contributed by atoms with Crippen molar-refractivity contribution in [3.05, 3.63) is 55.6 Å². The van der Waals surface area contributed by atoms with Gasteiger partial charge in [0.2, 0.25) is 0 Å². The summed E-state index contributed by atoms with van der Waals surface area (Å²) in [7, 11) is 3.81. The van der Waals surface area contributed by atoms with Crippen molar-refractivity contribution in [2.75, 3.05) is 27.2 Å². The molecule has 0 spiro atoms. The molecule has 6 nitrogen and oxygen atoms in total. The molecule has 0 bridgehead atoms. The van der Waals surface area contributed by atoms with Crippen LogP contribution in [-0.4, -0.2) is 48.8 Å². The second-order valence-corrected chi connectivity index (χ2v) is 7.49. The first-order valence-corrected chi connectivity index (χ1v) is 9.09. The molecular weight excluding hydrogens is 338 g/mol. The predicted molar refractivity (Wildman–Crippen MR) is 97.7 cm³/mol. The number of rotatable bonds is 5. The van der Waals surface area contributed by atoms with Crippen LogP contribution < -0.4 is 10.9 Å². The summed E-state index contributed by atoms with van der Waals surface area (Å²) in [5.74, 6) is -0.382. The van der Waals surface area contributed by atoms with E-state index in [1.165, 1.54) is 6.07 Å². The van der Waals surface area contributed by atoms with Gasteiger partial charge in [0.05, 0.1) is 0 Å². The SMILES string of the molecule is CN(C)CCNC(=O)c1cc2c([nH]c1=O)CC(c1cccs1)CC2=O. The van der Waals surface area contributed by atoms with Crippen molar-refractivity contribution in [3.63, 3.8) is 0 Å². The molecule has 3 rings (SSSR count). The van der Waals surface area contributed by atoms with Crippen molar-refractivity contribution in [1.82, 2.24) is 15.2 Å². The van der Waals surface area contributed by atoms with Gasteiger partial charge in [0.1, 0.15) is 5.56 Å². The molecule has 1 atom stereocenters. The average Bonchev–Trinajstić information content (AvgIpc) is 3.08. The van der Waals surface area contributed by atoms with Gasteiger partial charge in [0.15, 0.2) is 5.78 Å². The smallest absolute Gasteiger partial charge is 0.261 e. The average molecular weight is 359 g/mol. The number of carbonyl (C=O) groups excluding carboxylic acids is 2. The van der Waals surface area contributed by atoms with E-state index in [1.54, 1.807) is 11.3 Å². The van der Waals surface area contributed by atoms with Gasteiger partial charge >= 0.3 is 0 Å². The van der Waals surface area contributed by atoms with E-state index in [2.05, 4.69) is 10.3 Å². The fraction of sp³-hybridized carbons (Fsp3) is 0.389. The van der Waals surface area contributed by atoms with Gasteiger partial charge < -0.3 is 15.2 Å². The lowest BCUT2D eigenvalue weighted by Gasteiger charge is -2.22. The molecule has 132 valence electrons. The zero-order valence-electron chi connectivity index (χ0n) is 14.3. The van der Waals surface area contributed by atoms with E-state index in [0.29, 0.717) is 37.2 Å². The number of aromatic amines is 1. The minimum absolute atomic E-state index is 0.000398. The van der Waals surface area contributed by atoms with Crippen LogP contribution in [0, 0.1) is 0 Å². The van der Waals surface area contributed by atoms with Gasteiger partial charge in [0, 0.05) is 41.6 Å². The van der Waals surface area contributed by atoms with Crippen molar-refractivity contribution in [3.8, 4) is 0 Å². The van der Waals surface area contributed by atoms with Crippen LogP contribution in [0.2, 0.25) is 0 Å². The number of nitrogens with one attached hydrogen (secondary N) is 2. The lowest BCUT2D eigenvalue weighted by atomic mass is 9.84. The molecule has 0 fully saturated rings. The second kappa shape index (κ2) is 7.33. The van der Waals surface area contributed by atoms with Crippen LogP contribution in [0.3, 0.4) is 0 Å². The Morgan fingerprint density at radius 3 is 2.84 bits per heavy atom. The maximum atomic E-state index is 12.5. The van der Waals surface area contributed by atoms with Crippen LogP contribution in [0.4, 0.5) is 0 Å². The standard InChI is InChI=1S/C18H21N3O3S/c1-21(2)6-5-19-17(23)13-10-12-14(20-18(13)24)8-11(9-15(12)22)16-4-3-7-25-16/h3-4,7,10-11H,5-6,8-9H2,1-2H3,(H,19,23)(H,20,24). The van der Waals surface area contributed by atoms with Gasteiger partial charge in [0.25, 0.3) is 11.5 Å². The maximum absolute atomic E-state index is 12.5. The van der Waals surface area contributed by atoms with Crippen LogP contribution >= 0.6 is 11.3 Å². The number of ketones is 1. The molecule has 2 heterocycles. The molecule has 1 aliphatic rings. The summed E-state index contributed by atoms with van der Waals surface area (Å²) in [5.41, 5.74) is 0.649. The third-order valence-corrected chi connectivity index (χ3v) is 5.38. The van der Waals surface area contributed by atoms with Crippen molar-refractivity contribution in [2.45, 2.75) is 18.8 Å². The third-order valence-electron chi connectivity index (χ3n) is 4.34. The Morgan fingerprint density at radius 1 is 1.36 bits per heavy atom. The molecular formula is C18H21N3O3S. The number of fused-ring (bicyclic) bond motifs is 1. The first kappa shape index (κ1) is 17.6. The second-order valence-electron chi connectivity index (χ2n) is 6.51. The van der Waals surface area contributed by atoms with Crippen LogP contribution in [0.25, 0.3) is 0 Å². The number of carbonyl (C=O) groups is 2. The molecule has 2 N–H and O–H groups in total. The zero-order chi connectivity index (χ0) is 18.0. The van der Waals surface area contributed by atoms with Gasteiger partial charge in [-0.2, -0.15) is 0 Å². The monoisotopic (exact) mass is 359 g/mol. The predicted octanol–water partition coefficient (Wildman–Crippen LogP) is 1.64. The molecule has 1 unspecified atom stereocenters. The minimum Gasteiger partial charge on any atom is -0.351 e. The Morgan fingerprint density at radius 2 is 2.16 bits per heavy atom. The van der Waals surface area contributed by atoms with E-state index in [4.69, 9.17) is 0 Å². The highest BCUT2D eigenvalue weighted by Crippen LogP contribution is 2.33. The largest absolute Gasteiger partial charge is 0.351 e. The number of Topliss-reactive ketones (excluding diaryl/α,β-unsaturated/α-hetero) is 1. The summed E-state index contributed by atoms with van der Waals surface area (Å²) < 4.78 is 0. The maximum Gasteiger partial charge on any atom is 0.261 e. The third kappa shape index (κ3) is 3.88. The summed E-state index contributed by atoms with van der Waals surface area (Å²) in [6.07, 6.45) is 1.01. The topological polar surface area (TPSA) is 82.3 Å². The summed E-state index contributed by atoms with van der Waals surface area (Å²) in [4.78, 5) is 42.9. The lowest BCUT2D eigenvalue weighted by Crippen LogP contribution is -2.35. The number of thiophene rings is 1. The van der Waals surface area contributed by atoms with Crippen molar-refractivity contribution < 1.29 is 9.59 Å². The molecule has 0 saturated heterocycles. The summed E-state index contributed by atoms with van der Waals surface area (Å²) >= 11 is 1.62. The number of hydrogen-bond donors (Lipinski definition) is 2.